The molecule has 25 atom stereocenters. The highest BCUT2D eigenvalue weighted by atomic mass is 16.8. The maximum Gasteiger partial charge on any atom is 0.312 e. The number of hydrogen-bond donors (Lipinski definition) is 0. The zero-order valence-corrected chi connectivity index (χ0v) is 85.6. The number of cyclic esters (lactones) is 6. The summed E-state index contributed by atoms with van der Waals surface area (Å²) in [6, 6.07) is 0. The quantitative estimate of drug-likeness (QED) is 0.161. The van der Waals surface area contributed by atoms with Crippen molar-refractivity contribution in [3.8, 4) is 0 Å². The average Bonchev–Trinajstić information content (AvgIpc) is 1.59. The molecule has 0 radical (unpaired) electrons. The van der Waals surface area contributed by atoms with Crippen LogP contribution in [-0.4, -0.2) is 174 Å². The number of rotatable bonds is 0. The molecule has 16 heterocycles. The van der Waals surface area contributed by atoms with E-state index >= 15 is 0 Å². The van der Waals surface area contributed by atoms with Crippen LogP contribution in [0.2, 0.25) is 0 Å². The van der Waals surface area contributed by atoms with Crippen LogP contribution < -0.4 is 0 Å². The van der Waals surface area contributed by atoms with E-state index in [1.54, 1.807) is 0 Å². The van der Waals surface area contributed by atoms with Gasteiger partial charge < -0.3 is 71.1 Å². The predicted molar refractivity (Wildman–Crippen MR) is 502 cm³/mol. The minimum atomic E-state index is -0.326. The van der Waals surface area contributed by atoms with Crippen molar-refractivity contribution in [1.82, 2.24) is 0 Å². The Morgan fingerprint density at radius 2 is 0.846 bits per heavy atom. The van der Waals surface area contributed by atoms with Gasteiger partial charge in [-0.25, -0.2) is 0 Å². The van der Waals surface area contributed by atoms with Gasteiger partial charge >= 0.3 is 59.7 Å². The monoisotopic (exact) mass is 1850 g/mol. The summed E-state index contributed by atoms with van der Waals surface area (Å²) < 4.78 is 77.0. The van der Waals surface area contributed by atoms with Crippen LogP contribution in [-0.2, 0) is 119 Å². The highest BCUT2D eigenvalue weighted by molar-refractivity contribution is 5.80. The van der Waals surface area contributed by atoms with Gasteiger partial charge in [-0.05, 0) is 208 Å². The molecule has 10 aliphatic carbocycles. The minimum Gasteiger partial charge on any atom is -0.465 e. The number of hydrogen-bond acceptors (Lipinski definition) is 25. The molecule has 25 heteroatoms. The first-order chi connectivity index (χ1) is 63.4. The van der Waals surface area contributed by atoms with E-state index < -0.39 is 0 Å². The summed E-state index contributed by atoms with van der Waals surface area (Å²) in [7, 11) is 0. The first-order valence-electron chi connectivity index (χ1n) is 53.4. The van der Waals surface area contributed by atoms with Crippen LogP contribution >= 0.6 is 0 Å². The lowest BCUT2D eigenvalue weighted by Gasteiger charge is -2.35. The summed E-state index contributed by atoms with van der Waals surface area (Å²) in [5.74, 6) is 9.15. The third-order valence-electron chi connectivity index (χ3n) is 29.1. The standard InChI is InChI=1S/2C10H14O2.C9H12O2.C9H14O2.C8H10O3.C8H12O2.C7H8O5.2C7H10O2.C6H8O3.12C2H6/c11-10-8-2-6-1-7(3-8)5-9(4-6)12-10;11-9-10(3-4-12-9)6-7-1-2-8(10)5-7;10-9-8-3-5-1-6(4-11-9)7(8)2-5;10-8-9(6-7-11-8)4-2-1-3-5-9;9-8-6-2-5-1-4(3-10-8)7(6)11-5;9-8-7-3-1-2-6(4-7)5-10-8;8-4-1-3-5(12-4)6-7(11-3)10-2-9-6;8-7-6-3-1-2-5(6)4-9-7;8-7-4-5-2-1-3-6(5)9-7;7-6-3-5-4(9-6)1-2-8-5;12*1-2/h6-9H,1-5H2;7-8H,1-6H2;5-8H,1-4H2;1-7H2;4-7H,1-3H2;6-7H,1-5H2;3,5-7H,1-2H2;2*5-6H,1-4H2;4-5H,1-3H2;12*1-2H3. The normalized spacial score (nSPS) is 37.4. The molecule has 26 fully saturated rings. The molecule has 26 aliphatic rings. The van der Waals surface area contributed by atoms with Crippen molar-refractivity contribution in [1.29, 1.82) is 0 Å². The van der Waals surface area contributed by atoms with Gasteiger partial charge in [-0.1, -0.05) is 205 Å². The lowest BCUT2D eigenvalue weighted by atomic mass is 9.68. The Bertz CT molecular complexity index is 3130. The van der Waals surface area contributed by atoms with Crippen LogP contribution in [0, 0.1) is 106 Å². The first-order valence-corrected chi connectivity index (χ1v) is 53.4. The van der Waals surface area contributed by atoms with Crippen molar-refractivity contribution in [2.75, 3.05) is 53.0 Å². The smallest absolute Gasteiger partial charge is 0.312 e. The summed E-state index contributed by atoms with van der Waals surface area (Å²) in [6.45, 7) is 53.0. The van der Waals surface area contributed by atoms with Crippen LogP contribution in [0.25, 0.3) is 0 Å². The lowest BCUT2D eigenvalue weighted by molar-refractivity contribution is -0.161. The van der Waals surface area contributed by atoms with Gasteiger partial charge in [-0.3, -0.25) is 47.9 Å². The minimum absolute atomic E-state index is 0.00289. The molecular weight excluding hydrogens is 1660 g/mol. The zero-order chi connectivity index (χ0) is 96.8. The Hall–Kier alpha value is -5.50. The van der Waals surface area contributed by atoms with E-state index in [9.17, 15) is 47.9 Å². The molecule has 25 nitrogen and oxygen atoms in total. The maximum absolute atomic E-state index is 11.6. The largest absolute Gasteiger partial charge is 0.465 e. The highest BCUT2D eigenvalue weighted by Gasteiger charge is 2.60. The molecule has 2 spiro atoms. The second kappa shape index (κ2) is 62.3. The molecule has 0 aromatic rings. The number of fused-ring (bicyclic) bond motifs is 14. The SMILES string of the molecule is CC.CC.CC.CC.CC.CC.CC.CC.CC.CC.CC.CC.O=C1CC2CCCC2O1.O=C1CC2OC3OCOC3C2O1.O=C1CC2OCCC2O1.O=C1OC2CC3CC(C2)CC1C3.O=C1OCC2CC3CC1C2C3.O=C1OCC2CC3CC1C2O3.O=C1OCC2CCCC12.O=C1OCC2CCCC1C2.O=C1OCCC12CC1CCC2C1.O=C1OCCC12CCCCC2. The van der Waals surface area contributed by atoms with E-state index in [4.69, 9.17) is 71.1 Å². The van der Waals surface area contributed by atoms with Gasteiger partial charge in [-0.15, -0.1) is 0 Å². The first kappa shape index (κ1) is 117. The Kier molecular flexibility index (Phi) is 56.0. The van der Waals surface area contributed by atoms with Crippen LogP contribution in [0.1, 0.15) is 391 Å². The van der Waals surface area contributed by atoms with Crippen LogP contribution in [0.3, 0.4) is 0 Å². The molecule has 26 rings (SSSR count). The fourth-order valence-electron chi connectivity index (χ4n) is 23.8. The maximum atomic E-state index is 11.6. The molecule has 12 bridgehead atoms. The van der Waals surface area contributed by atoms with Gasteiger partial charge in [0.15, 0.2) is 25.3 Å². The Labute approximate surface area is 785 Å². The molecule has 10 saturated carbocycles. The molecule has 0 aromatic heterocycles. The predicted octanol–water partition coefficient (Wildman–Crippen LogP) is 22.1. The van der Waals surface area contributed by atoms with Crippen LogP contribution in [0.4, 0.5) is 0 Å². The number of carbonyl (C=O) groups excluding carboxylic acids is 10. The molecule has 25 unspecified atom stereocenters. The Balaban J connectivity index is 0.000000295. The van der Waals surface area contributed by atoms with Crippen molar-refractivity contribution in [2.24, 2.45) is 106 Å². The van der Waals surface area contributed by atoms with Gasteiger partial charge in [0.05, 0.1) is 118 Å². The molecule has 0 N–H and O–H groups in total. The third-order valence-corrected chi connectivity index (χ3v) is 29.1. The highest BCUT2D eigenvalue weighted by Crippen LogP contribution is 2.60. The van der Waals surface area contributed by atoms with E-state index in [1.165, 1.54) is 96.3 Å². The van der Waals surface area contributed by atoms with Crippen molar-refractivity contribution in [2.45, 2.75) is 452 Å². The summed E-state index contributed by atoms with van der Waals surface area (Å²) in [4.78, 5) is 111. The Morgan fingerprint density at radius 1 is 0.285 bits per heavy atom. The number of esters is 10. The summed E-state index contributed by atoms with van der Waals surface area (Å²) in [5, 5.41) is 0. The van der Waals surface area contributed by atoms with Crippen molar-refractivity contribution in [3.63, 3.8) is 0 Å². The second-order valence-electron chi connectivity index (χ2n) is 35.7. The van der Waals surface area contributed by atoms with Gasteiger partial charge in [0.25, 0.3) is 0 Å². The molecule has 0 amide bonds. The summed E-state index contributed by atoms with van der Waals surface area (Å²) >= 11 is 0. The van der Waals surface area contributed by atoms with E-state index in [2.05, 4.69) is 0 Å². The van der Waals surface area contributed by atoms with E-state index in [1.807, 2.05) is 166 Å². The number of ether oxygens (including phenoxy) is 15. The summed E-state index contributed by atoms with van der Waals surface area (Å²) in [6.07, 6.45) is 39.1. The number of carbonyl (C=O) groups is 10. The second-order valence-corrected chi connectivity index (χ2v) is 35.7. The zero-order valence-electron chi connectivity index (χ0n) is 85.6. The molecular formula is C105H184O25. The molecule has 754 valence electrons. The molecule has 0 aromatic carbocycles. The van der Waals surface area contributed by atoms with Gasteiger partial charge in [-0.2, -0.15) is 0 Å². The van der Waals surface area contributed by atoms with Crippen molar-refractivity contribution < 1.29 is 119 Å². The summed E-state index contributed by atoms with van der Waals surface area (Å²) in [5.41, 5.74) is -0.0266. The van der Waals surface area contributed by atoms with Gasteiger partial charge in [0.1, 0.15) is 30.5 Å². The van der Waals surface area contributed by atoms with E-state index in [-0.39, 0.29) is 150 Å². The average molecular weight is 1850 g/mol. The van der Waals surface area contributed by atoms with Crippen molar-refractivity contribution >= 4 is 59.7 Å². The van der Waals surface area contributed by atoms with E-state index in [0.29, 0.717) is 106 Å². The van der Waals surface area contributed by atoms with Crippen molar-refractivity contribution in [3.05, 3.63) is 0 Å². The lowest BCUT2D eigenvalue weighted by Crippen LogP contribution is -2.41. The molecule has 130 heavy (non-hydrogen) atoms. The van der Waals surface area contributed by atoms with Gasteiger partial charge in [0.2, 0.25) is 0 Å². The van der Waals surface area contributed by atoms with E-state index in [0.717, 1.165) is 152 Å². The fraction of sp³-hybridized carbons (Fsp3) is 0.905. The topological polar surface area (TPSA) is 309 Å². The van der Waals surface area contributed by atoms with Gasteiger partial charge in [0, 0.05) is 24.2 Å². The van der Waals surface area contributed by atoms with Crippen LogP contribution in [0.5, 0.6) is 0 Å². The molecule has 16 saturated heterocycles. The molecule has 16 aliphatic heterocycles. The van der Waals surface area contributed by atoms with Crippen LogP contribution in [0.15, 0.2) is 0 Å². The Morgan fingerprint density at radius 3 is 1.42 bits per heavy atom. The third kappa shape index (κ3) is 31.3. The fourth-order valence-corrected chi connectivity index (χ4v) is 23.8.